The fourth-order valence-electron chi connectivity index (χ4n) is 0.618. The van der Waals surface area contributed by atoms with Crippen LogP contribution in [-0.2, 0) is 14.4 Å². The molecular weight excluding hydrogens is 252 g/mol. The normalized spacial score (nSPS) is 16.6. The lowest BCUT2D eigenvalue weighted by molar-refractivity contribution is -0.148. The monoisotopic (exact) mass is 268 g/mol. The molecule has 0 aliphatic carbocycles. The fourth-order valence-corrected chi connectivity index (χ4v) is 0.618. The van der Waals surface area contributed by atoms with Crippen molar-refractivity contribution < 1.29 is 45.0 Å². The van der Waals surface area contributed by atoms with Gasteiger partial charge in [-0.1, -0.05) is 0 Å². The molecule has 9 heteroatoms. The van der Waals surface area contributed by atoms with Crippen molar-refractivity contribution in [2.75, 3.05) is 6.61 Å². The van der Waals surface area contributed by atoms with E-state index in [0.29, 0.717) is 0 Å². The van der Waals surface area contributed by atoms with E-state index in [1.807, 2.05) is 0 Å². The van der Waals surface area contributed by atoms with Crippen molar-refractivity contribution in [2.24, 2.45) is 0 Å². The van der Waals surface area contributed by atoms with Crippen molar-refractivity contribution >= 4 is 18.0 Å². The topological polar surface area (TPSA) is 173 Å². The quantitative estimate of drug-likeness (QED) is 0.209. The predicted octanol–water partition coefficient (Wildman–Crippen LogP) is -3.72. The highest BCUT2D eigenvalue weighted by Gasteiger charge is 2.29. The molecule has 0 saturated heterocycles. The second-order valence-corrected chi connectivity index (χ2v) is 3.22. The number of carbonyl (C=O) groups is 3. The van der Waals surface area contributed by atoms with Gasteiger partial charge in [-0.15, -0.1) is 0 Å². The molecule has 4 unspecified atom stereocenters. The molecule has 0 bridgehead atoms. The van der Waals surface area contributed by atoms with Crippen LogP contribution in [0.25, 0.3) is 0 Å². The van der Waals surface area contributed by atoms with Gasteiger partial charge in [-0.05, 0) is 0 Å². The molecule has 0 radical (unpaired) electrons. The van der Waals surface area contributed by atoms with Gasteiger partial charge in [0.15, 0.2) is 6.29 Å². The minimum Gasteiger partial charge on any atom is -0.476 e. The van der Waals surface area contributed by atoms with E-state index in [1.54, 1.807) is 0 Å². The summed E-state index contributed by atoms with van der Waals surface area (Å²) >= 11 is 0. The fraction of sp³-hybridized carbons (Fsp3) is 0.667. The van der Waals surface area contributed by atoms with Crippen LogP contribution in [0.2, 0.25) is 0 Å². The summed E-state index contributed by atoms with van der Waals surface area (Å²) in [6, 6.07) is 0. The summed E-state index contributed by atoms with van der Waals surface area (Å²) in [5, 5.41) is 51.2. The smallest absolute Gasteiger partial charge is 0.371 e. The first-order valence-corrected chi connectivity index (χ1v) is 4.71. The average Bonchev–Trinajstić information content (AvgIpc) is 2.35. The van der Waals surface area contributed by atoms with Crippen LogP contribution in [0, 0.1) is 0 Å². The number of aliphatic hydroxyl groups excluding tert-OH is 5. The number of carboxylic acid groups (broad SMARTS) is 1. The summed E-state index contributed by atoms with van der Waals surface area (Å²) in [5.41, 5.74) is 0. The van der Waals surface area contributed by atoms with Crippen LogP contribution in [0.4, 0.5) is 0 Å². The van der Waals surface area contributed by atoms with Crippen molar-refractivity contribution in [3.05, 3.63) is 0 Å². The summed E-state index contributed by atoms with van der Waals surface area (Å²) in [5.74, 6) is -2.20. The van der Waals surface area contributed by atoms with Gasteiger partial charge in [0.2, 0.25) is 5.78 Å². The molecule has 4 atom stereocenters. The average molecular weight is 268 g/mol. The molecule has 0 aromatic heterocycles. The number of aldehydes is 1. The minimum atomic E-state index is -1.79. The number of Topliss-reactive ketones (excluding diaryl/α,β-unsaturated/α-hetero) is 1. The third-order valence-corrected chi connectivity index (χ3v) is 1.72. The van der Waals surface area contributed by atoms with Gasteiger partial charge < -0.3 is 35.4 Å². The predicted molar refractivity (Wildman–Crippen MR) is 55.5 cm³/mol. The molecule has 18 heavy (non-hydrogen) atoms. The zero-order chi connectivity index (χ0) is 14.9. The van der Waals surface area contributed by atoms with Gasteiger partial charge in [-0.2, -0.15) is 0 Å². The molecule has 0 aliphatic heterocycles. The Bertz CT molecular complexity index is 265. The van der Waals surface area contributed by atoms with Crippen molar-refractivity contribution in [3.63, 3.8) is 0 Å². The Labute approximate surface area is 102 Å². The highest BCUT2D eigenvalue weighted by Crippen LogP contribution is 2.02. The maximum absolute atomic E-state index is 9.90. The summed E-state index contributed by atoms with van der Waals surface area (Å²) in [7, 11) is 0. The van der Waals surface area contributed by atoms with Crippen LogP contribution in [-0.4, -0.2) is 79.7 Å². The summed E-state index contributed by atoms with van der Waals surface area (Å²) < 4.78 is 0. The van der Waals surface area contributed by atoms with E-state index in [0.717, 1.165) is 6.92 Å². The lowest BCUT2D eigenvalue weighted by Crippen LogP contribution is -2.46. The van der Waals surface area contributed by atoms with Crippen molar-refractivity contribution in [1.29, 1.82) is 0 Å². The lowest BCUT2D eigenvalue weighted by atomic mass is 10.0. The number of aliphatic hydroxyl groups is 5. The molecule has 0 amide bonds. The highest BCUT2D eigenvalue weighted by molar-refractivity contribution is 6.31. The van der Waals surface area contributed by atoms with Gasteiger partial charge in [-0.25, -0.2) is 4.79 Å². The molecule has 0 saturated carbocycles. The summed E-state index contributed by atoms with van der Waals surface area (Å²) in [4.78, 5) is 28.8. The maximum Gasteiger partial charge on any atom is 0.371 e. The highest BCUT2D eigenvalue weighted by atomic mass is 16.4. The number of carboxylic acids is 1. The first-order chi connectivity index (χ1) is 8.18. The number of rotatable bonds is 6. The van der Waals surface area contributed by atoms with Crippen LogP contribution in [0.5, 0.6) is 0 Å². The molecule has 0 aliphatic rings. The second kappa shape index (κ2) is 9.62. The van der Waals surface area contributed by atoms with Crippen molar-refractivity contribution in [3.8, 4) is 0 Å². The Hall–Kier alpha value is -1.39. The van der Waals surface area contributed by atoms with Gasteiger partial charge in [-0.3, -0.25) is 4.79 Å². The Kier molecular flexibility index (Phi) is 10.1. The molecule has 0 spiro atoms. The van der Waals surface area contributed by atoms with Crippen molar-refractivity contribution in [2.45, 2.75) is 31.3 Å². The summed E-state index contributed by atoms with van der Waals surface area (Å²) in [6.07, 6.45) is -6.84. The Morgan fingerprint density at radius 1 is 1.11 bits per heavy atom. The Morgan fingerprint density at radius 2 is 1.50 bits per heavy atom. The van der Waals surface area contributed by atoms with Crippen LogP contribution in [0.15, 0.2) is 0 Å². The van der Waals surface area contributed by atoms with E-state index >= 15 is 0 Å². The van der Waals surface area contributed by atoms with Gasteiger partial charge in [0.1, 0.15) is 24.4 Å². The standard InChI is InChI=1S/C6H12O6.C3H4O3/c7-1-3(9)5(11)6(12)4(10)2-8;1-2(4)3(5)6/h1,3-6,8-12H,2H2;1H3,(H,5,6). The molecule has 0 rings (SSSR count). The zero-order valence-electron chi connectivity index (χ0n) is 9.50. The number of ketones is 1. The molecule has 0 aromatic rings. The minimum absolute atomic E-state index is 0.0258. The van der Waals surface area contributed by atoms with Gasteiger partial charge in [0.25, 0.3) is 0 Å². The van der Waals surface area contributed by atoms with E-state index in [4.69, 9.17) is 30.6 Å². The van der Waals surface area contributed by atoms with E-state index < -0.39 is 42.8 Å². The third kappa shape index (κ3) is 7.81. The molecule has 9 nitrogen and oxygen atoms in total. The number of hydrogen-bond donors (Lipinski definition) is 6. The van der Waals surface area contributed by atoms with Crippen LogP contribution >= 0.6 is 0 Å². The Balaban J connectivity index is 0. The summed E-state index contributed by atoms with van der Waals surface area (Å²) in [6.45, 7) is 0.242. The first-order valence-electron chi connectivity index (χ1n) is 4.71. The van der Waals surface area contributed by atoms with E-state index in [1.165, 1.54) is 0 Å². The largest absolute Gasteiger partial charge is 0.476 e. The second-order valence-electron chi connectivity index (χ2n) is 3.22. The number of aliphatic carboxylic acids is 1. The molecule has 6 N–H and O–H groups in total. The molecule has 0 fully saturated rings. The number of carbonyl (C=O) groups excluding carboxylic acids is 2. The molecule has 0 heterocycles. The van der Waals surface area contributed by atoms with E-state index in [2.05, 4.69) is 0 Å². The van der Waals surface area contributed by atoms with E-state index in [9.17, 15) is 14.4 Å². The molecular formula is C9H16O9. The maximum atomic E-state index is 9.90. The third-order valence-electron chi connectivity index (χ3n) is 1.72. The first kappa shape index (κ1) is 19.0. The zero-order valence-corrected chi connectivity index (χ0v) is 9.50. The van der Waals surface area contributed by atoms with Gasteiger partial charge >= 0.3 is 5.97 Å². The van der Waals surface area contributed by atoms with Crippen molar-refractivity contribution in [1.82, 2.24) is 0 Å². The number of hydrogen-bond acceptors (Lipinski definition) is 8. The molecule has 0 aromatic carbocycles. The van der Waals surface area contributed by atoms with E-state index in [-0.39, 0.29) is 6.29 Å². The van der Waals surface area contributed by atoms with Gasteiger partial charge in [0.05, 0.1) is 6.61 Å². The lowest BCUT2D eigenvalue weighted by Gasteiger charge is -2.22. The van der Waals surface area contributed by atoms with Crippen LogP contribution in [0.1, 0.15) is 6.92 Å². The molecule has 106 valence electrons. The van der Waals surface area contributed by atoms with Crippen LogP contribution in [0.3, 0.4) is 0 Å². The van der Waals surface area contributed by atoms with Gasteiger partial charge in [0, 0.05) is 6.92 Å². The Morgan fingerprint density at radius 3 is 1.72 bits per heavy atom. The van der Waals surface area contributed by atoms with Crippen LogP contribution < -0.4 is 0 Å². The SMILES string of the molecule is CC(=O)C(=O)O.O=CC(O)C(O)C(O)C(O)CO.